The first-order chi connectivity index (χ1) is 9.81. The molecule has 0 aliphatic heterocycles. The van der Waals surface area contributed by atoms with Crippen molar-refractivity contribution >= 4 is 31.6 Å². The monoisotopic (exact) mass is 380 g/mol. The van der Waals surface area contributed by atoms with Crippen LogP contribution in [0.15, 0.2) is 21.5 Å². The number of nitrogens with two attached hydrogens (primary N) is 1. The predicted octanol–water partition coefficient (Wildman–Crippen LogP) is 3.81. The van der Waals surface area contributed by atoms with Crippen LogP contribution in [0.4, 0.5) is 10.1 Å². The minimum atomic E-state index is -3.92. The van der Waals surface area contributed by atoms with E-state index in [1.54, 1.807) is 0 Å². The standard InChI is InChI=1S/C14H22BrFN2O2S/c1-3-5-7-11(6-4-2)18-21(19,20)13-9-10(17)8-12(15)14(13)16/h8-9,11,18H,3-7,17H2,1-2H3. The lowest BCUT2D eigenvalue weighted by molar-refractivity contribution is 0.479. The molecule has 1 unspecified atom stereocenters. The Morgan fingerprint density at radius 1 is 1.29 bits per heavy atom. The maximum Gasteiger partial charge on any atom is 0.243 e. The lowest BCUT2D eigenvalue weighted by Crippen LogP contribution is -2.35. The molecule has 21 heavy (non-hydrogen) atoms. The fourth-order valence-electron chi connectivity index (χ4n) is 2.12. The lowest BCUT2D eigenvalue weighted by Gasteiger charge is -2.18. The van der Waals surface area contributed by atoms with Crippen LogP contribution in [0.2, 0.25) is 0 Å². The van der Waals surface area contributed by atoms with Crippen LogP contribution in [-0.4, -0.2) is 14.5 Å². The van der Waals surface area contributed by atoms with Gasteiger partial charge in [0.15, 0.2) is 5.82 Å². The Labute approximate surface area is 134 Å². The topological polar surface area (TPSA) is 72.2 Å². The minimum absolute atomic E-state index is 0.0449. The van der Waals surface area contributed by atoms with Crippen molar-refractivity contribution in [3.63, 3.8) is 0 Å². The first-order valence-corrected chi connectivity index (χ1v) is 9.36. The van der Waals surface area contributed by atoms with Gasteiger partial charge in [-0.25, -0.2) is 17.5 Å². The van der Waals surface area contributed by atoms with E-state index in [9.17, 15) is 12.8 Å². The largest absolute Gasteiger partial charge is 0.399 e. The maximum absolute atomic E-state index is 14.0. The molecule has 1 rings (SSSR count). The highest BCUT2D eigenvalue weighted by Gasteiger charge is 2.24. The Balaban J connectivity index is 3.04. The third-order valence-electron chi connectivity index (χ3n) is 3.17. The summed E-state index contributed by atoms with van der Waals surface area (Å²) in [6.45, 7) is 4.04. The molecule has 0 saturated carbocycles. The van der Waals surface area contributed by atoms with E-state index < -0.39 is 20.7 Å². The number of nitrogen functional groups attached to an aromatic ring is 1. The number of unbranched alkanes of at least 4 members (excludes halogenated alkanes) is 1. The number of sulfonamides is 1. The summed E-state index contributed by atoms with van der Waals surface area (Å²) in [6, 6.07) is 2.31. The molecule has 0 fully saturated rings. The van der Waals surface area contributed by atoms with Crippen LogP contribution in [0, 0.1) is 5.82 Å². The average molecular weight is 381 g/mol. The van der Waals surface area contributed by atoms with Crippen molar-refractivity contribution in [2.24, 2.45) is 0 Å². The van der Waals surface area contributed by atoms with E-state index in [-0.39, 0.29) is 16.2 Å². The number of hydrogen-bond donors (Lipinski definition) is 2. The summed E-state index contributed by atoms with van der Waals surface area (Å²) < 4.78 is 41.4. The normalized spacial score (nSPS) is 13.3. The first-order valence-electron chi connectivity index (χ1n) is 7.08. The molecular weight excluding hydrogens is 359 g/mol. The summed E-state index contributed by atoms with van der Waals surface area (Å²) >= 11 is 2.98. The number of hydrogen-bond acceptors (Lipinski definition) is 3. The Hall–Kier alpha value is -0.660. The molecule has 0 spiro atoms. The van der Waals surface area contributed by atoms with Crippen LogP contribution in [0.3, 0.4) is 0 Å². The van der Waals surface area contributed by atoms with Gasteiger partial charge in [0.1, 0.15) is 4.90 Å². The van der Waals surface area contributed by atoms with E-state index in [1.807, 2.05) is 13.8 Å². The molecule has 0 aromatic heterocycles. The molecule has 0 saturated heterocycles. The molecule has 0 heterocycles. The van der Waals surface area contributed by atoms with Gasteiger partial charge in [0.25, 0.3) is 0 Å². The summed E-state index contributed by atoms with van der Waals surface area (Å²) in [5, 5.41) is 0. The van der Waals surface area contributed by atoms with Crippen molar-refractivity contribution in [3.05, 3.63) is 22.4 Å². The average Bonchev–Trinajstić information content (AvgIpc) is 2.40. The fraction of sp³-hybridized carbons (Fsp3) is 0.571. The van der Waals surface area contributed by atoms with Gasteiger partial charge in [0.05, 0.1) is 4.47 Å². The highest BCUT2D eigenvalue weighted by atomic mass is 79.9. The Kier molecular flexibility index (Phi) is 7.09. The molecule has 1 atom stereocenters. The Morgan fingerprint density at radius 3 is 2.52 bits per heavy atom. The number of nitrogens with one attached hydrogen (secondary N) is 1. The fourth-order valence-corrected chi connectivity index (χ4v) is 4.17. The smallest absolute Gasteiger partial charge is 0.243 e. The van der Waals surface area contributed by atoms with Crippen molar-refractivity contribution in [1.82, 2.24) is 4.72 Å². The van der Waals surface area contributed by atoms with Crippen molar-refractivity contribution in [1.29, 1.82) is 0 Å². The summed E-state index contributed by atoms with van der Waals surface area (Å²) in [7, 11) is -3.92. The van der Waals surface area contributed by atoms with Gasteiger partial charge in [-0.3, -0.25) is 0 Å². The van der Waals surface area contributed by atoms with Gasteiger partial charge in [-0.2, -0.15) is 0 Å². The zero-order chi connectivity index (χ0) is 16.0. The third-order valence-corrected chi connectivity index (χ3v) is 5.27. The van der Waals surface area contributed by atoms with Crippen LogP contribution < -0.4 is 10.5 Å². The highest BCUT2D eigenvalue weighted by molar-refractivity contribution is 9.10. The van der Waals surface area contributed by atoms with Crippen LogP contribution in [-0.2, 0) is 10.0 Å². The van der Waals surface area contributed by atoms with E-state index in [4.69, 9.17) is 5.73 Å². The number of anilines is 1. The highest BCUT2D eigenvalue weighted by Crippen LogP contribution is 2.26. The third kappa shape index (κ3) is 5.23. The van der Waals surface area contributed by atoms with Crippen LogP contribution in [0.25, 0.3) is 0 Å². The van der Waals surface area contributed by atoms with E-state index in [0.29, 0.717) is 0 Å². The summed E-state index contributed by atoms with van der Waals surface area (Å²) in [4.78, 5) is -0.410. The molecular formula is C14H22BrFN2O2S. The van der Waals surface area contributed by atoms with Crippen LogP contribution in [0.5, 0.6) is 0 Å². The number of benzene rings is 1. The molecule has 0 bridgehead atoms. The lowest BCUT2D eigenvalue weighted by atomic mass is 10.1. The molecule has 0 aliphatic carbocycles. The molecule has 0 aliphatic rings. The predicted molar refractivity (Wildman–Crippen MR) is 87.1 cm³/mol. The van der Waals surface area contributed by atoms with Gasteiger partial charge in [0, 0.05) is 11.7 Å². The van der Waals surface area contributed by atoms with Gasteiger partial charge < -0.3 is 5.73 Å². The van der Waals surface area contributed by atoms with E-state index in [1.165, 1.54) is 6.07 Å². The molecule has 0 radical (unpaired) electrons. The van der Waals surface area contributed by atoms with E-state index in [2.05, 4.69) is 20.7 Å². The number of rotatable bonds is 8. The van der Waals surface area contributed by atoms with Crippen LogP contribution in [0.1, 0.15) is 46.0 Å². The molecule has 3 N–H and O–H groups in total. The van der Waals surface area contributed by atoms with E-state index in [0.717, 1.165) is 38.2 Å². The zero-order valence-electron chi connectivity index (χ0n) is 12.3. The first kappa shape index (κ1) is 18.4. The van der Waals surface area contributed by atoms with Gasteiger partial charge in [-0.05, 0) is 40.9 Å². The second kappa shape index (κ2) is 8.10. The second-order valence-corrected chi connectivity index (χ2v) is 7.60. The summed E-state index contributed by atoms with van der Waals surface area (Å²) in [5.41, 5.74) is 5.80. The molecule has 120 valence electrons. The summed E-state index contributed by atoms with van der Waals surface area (Å²) in [5.74, 6) is -0.817. The van der Waals surface area contributed by atoms with E-state index >= 15 is 0 Å². The van der Waals surface area contributed by atoms with Crippen molar-refractivity contribution in [3.8, 4) is 0 Å². The molecule has 0 amide bonds. The van der Waals surface area contributed by atoms with Crippen molar-refractivity contribution in [2.75, 3.05) is 5.73 Å². The number of halogens is 2. The molecule has 7 heteroatoms. The SMILES string of the molecule is CCCCC(CCC)NS(=O)(=O)c1cc(N)cc(Br)c1F. The second-order valence-electron chi connectivity index (χ2n) is 5.06. The van der Waals surface area contributed by atoms with Crippen molar-refractivity contribution < 1.29 is 12.8 Å². The van der Waals surface area contributed by atoms with Gasteiger partial charge in [0.2, 0.25) is 10.0 Å². The van der Waals surface area contributed by atoms with Gasteiger partial charge >= 0.3 is 0 Å². The molecule has 1 aromatic rings. The van der Waals surface area contributed by atoms with Gasteiger partial charge in [-0.1, -0.05) is 33.1 Å². The molecule has 1 aromatic carbocycles. The Morgan fingerprint density at radius 2 is 1.95 bits per heavy atom. The van der Waals surface area contributed by atoms with Crippen molar-refractivity contribution in [2.45, 2.75) is 56.9 Å². The molecule has 4 nitrogen and oxygen atoms in total. The zero-order valence-corrected chi connectivity index (χ0v) is 14.7. The minimum Gasteiger partial charge on any atom is -0.399 e. The Bertz CT molecular complexity index is 579. The van der Waals surface area contributed by atoms with Crippen LogP contribution >= 0.6 is 15.9 Å². The quantitative estimate of drug-likeness (QED) is 0.673. The van der Waals surface area contributed by atoms with Gasteiger partial charge in [-0.15, -0.1) is 0 Å². The summed E-state index contributed by atoms with van der Waals surface area (Å²) in [6.07, 6.45) is 4.25. The maximum atomic E-state index is 14.0.